The third-order valence-corrected chi connectivity index (χ3v) is 5.75. The summed E-state index contributed by atoms with van der Waals surface area (Å²) >= 11 is 1.86. The van der Waals surface area contributed by atoms with Crippen LogP contribution in [0.2, 0.25) is 0 Å². The van der Waals surface area contributed by atoms with E-state index in [4.69, 9.17) is 14.2 Å². The number of nitrogens with zero attached hydrogens (tertiary/aromatic N) is 1. The molecule has 0 radical (unpaired) electrons. The zero-order valence-electron chi connectivity index (χ0n) is 16.6. The maximum absolute atomic E-state index is 13.9. The first-order valence-corrected chi connectivity index (χ1v) is 10.4. The maximum atomic E-state index is 13.9. The fourth-order valence-electron chi connectivity index (χ4n) is 3.81. The lowest BCUT2D eigenvalue weighted by Gasteiger charge is -2.38. The summed E-state index contributed by atoms with van der Waals surface area (Å²) in [6.07, 6.45) is -0.716. The molecule has 3 aliphatic rings. The Balaban J connectivity index is 1.92. The summed E-state index contributed by atoms with van der Waals surface area (Å²) in [6.45, 7) is 4.87. The maximum Gasteiger partial charge on any atom is 0.419 e. The largest absolute Gasteiger partial charge is 0.456 e. The van der Waals surface area contributed by atoms with E-state index in [9.17, 15) is 18.8 Å². The quantitative estimate of drug-likeness (QED) is 0.412. The molecule has 9 heteroatoms. The molecule has 1 atom stereocenters. The van der Waals surface area contributed by atoms with Crippen molar-refractivity contribution in [1.82, 2.24) is 4.90 Å². The molecule has 3 heterocycles. The van der Waals surface area contributed by atoms with E-state index in [-0.39, 0.29) is 36.8 Å². The minimum Gasteiger partial charge on any atom is -0.456 e. The van der Waals surface area contributed by atoms with E-state index in [1.807, 2.05) is 22.6 Å². The average molecular weight is 527 g/mol. The van der Waals surface area contributed by atoms with E-state index in [0.717, 1.165) is 0 Å². The van der Waals surface area contributed by atoms with Gasteiger partial charge in [-0.25, -0.2) is 18.9 Å². The fraction of sp³-hybridized carbons (Fsp3) is 0.381. The molecule has 0 N–H and O–H groups in total. The van der Waals surface area contributed by atoms with Crippen molar-refractivity contribution in [3.63, 3.8) is 0 Å². The van der Waals surface area contributed by atoms with Gasteiger partial charge in [-0.3, -0.25) is 4.79 Å². The molecule has 0 aromatic heterocycles. The van der Waals surface area contributed by atoms with Gasteiger partial charge in [0.25, 0.3) is 0 Å². The van der Waals surface area contributed by atoms with Crippen molar-refractivity contribution in [2.75, 3.05) is 19.8 Å². The van der Waals surface area contributed by atoms with Crippen molar-refractivity contribution >= 4 is 40.4 Å². The molecular formula is C21H19FINO6. The Morgan fingerprint density at radius 2 is 1.87 bits per heavy atom. The third kappa shape index (κ3) is 3.53. The summed E-state index contributed by atoms with van der Waals surface area (Å²) < 4.78 is 30.4. The van der Waals surface area contributed by atoms with Crippen LogP contribution < -0.4 is 0 Å². The van der Waals surface area contributed by atoms with E-state index in [1.54, 1.807) is 26.8 Å². The highest BCUT2D eigenvalue weighted by Crippen LogP contribution is 2.46. The molecule has 0 spiro atoms. The van der Waals surface area contributed by atoms with Crippen LogP contribution in [0.1, 0.15) is 32.3 Å². The Hall–Kier alpha value is -2.27. The van der Waals surface area contributed by atoms with Crippen LogP contribution >= 0.6 is 22.6 Å². The topological polar surface area (TPSA) is 82.1 Å². The van der Waals surface area contributed by atoms with Gasteiger partial charge in [0.05, 0.1) is 23.6 Å². The lowest BCUT2D eigenvalue weighted by molar-refractivity contribution is -0.136. The van der Waals surface area contributed by atoms with Crippen LogP contribution in [0.15, 0.2) is 40.7 Å². The molecule has 0 bridgehead atoms. The first-order chi connectivity index (χ1) is 14.1. The van der Waals surface area contributed by atoms with Crippen LogP contribution in [-0.2, 0) is 23.8 Å². The number of esters is 1. The Bertz CT molecular complexity index is 1040. The molecule has 3 aliphatic heterocycles. The number of amides is 1. The number of ether oxygens (including phenoxy) is 3. The molecule has 4 rings (SSSR count). The van der Waals surface area contributed by atoms with Gasteiger partial charge in [-0.15, -0.1) is 0 Å². The number of carbonyl (C=O) groups is 3. The SMILES string of the molecule is CC(C)(C)OC(=O)N1C2=C(C(=O)COC2)[C@H](c2ccc(F)c(I)c2)C2=C1COC2=O. The van der Waals surface area contributed by atoms with Crippen molar-refractivity contribution in [3.8, 4) is 0 Å². The summed E-state index contributed by atoms with van der Waals surface area (Å²) in [6, 6.07) is 4.42. The molecule has 30 heavy (non-hydrogen) atoms. The molecule has 0 unspecified atom stereocenters. The van der Waals surface area contributed by atoms with Gasteiger partial charge < -0.3 is 14.2 Å². The van der Waals surface area contributed by atoms with Gasteiger partial charge in [0, 0.05) is 15.1 Å². The number of halogens is 2. The van der Waals surface area contributed by atoms with Crippen molar-refractivity contribution in [1.29, 1.82) is 0 Å². The molecule has 0 saturated heterocycles. The molecule has 0 aliphatic carbocycles. The van der Waals surface area contributed by atoms with Gasteiger partial charge >= 0.3 is 12.1 Å². The molecule has 1 aromatic carbocycles. The van der Waals surface area contributed by atoms with Gasteiger partial charge in [0.1, 0.15) is 24.6 Å². The summed E-state index contributed by atoms with van der Waals surface area (Å²) in [5.74, 6) is -2.13. The predicted molar refractivity (Wildman–Crippen MR) is 111 cm³/mol. The van der Waals surface area contributed by atoms with Crippen molar-refractivity contribution < 1.29 is 33.0 Å². The second-order valence-corrected chi connectivity index (χ2v) is 9.30. The highest BCUT2D eigenvalue weighted by molar-refractivity contribution is 14.1. The number of hydrogen-bond donors (Lipinski definition) is 0. The number of rotatable bonds is 1. The highest BCUT2D eigenvalue weighted by Gasteiger charge is 2.48. The van der Waals surface area contributed by atoms with Crippen molar-refractivity contribution in [2.45, 2.75) is 32.3 Å². The van der Waals surface area contributed by atoms with Crippen molar-refractivity contribution in [3.05, 3.63) is 55.7 Å². The summed E-state index contributed by atoms with van der Waals surface area (Å²) in [5, 5.41) is 0. The molecule has 0 saturated carbocycles. The highest BCUT2D eigenvalue weighted by atomic mass is 127. The second kappa shape index (κ2) is 7.45. The zero-order chi connectivity index (χ0) is 21.8. The Morgan fingerprint density at radius 1 is 1.17 bits per heavy atom. The normalized spacial score (nSPS) is 21.5. The molecule has 1 amide bonds. The van der Waals surface area contributed by atoms with Crippen LogP contribution in [0.25, 0.3) is 0 Å². The lowest BCUT2D eigenvalue weighted by atomic mass is 9.78. The molecule has 158 valence electrons. The van der Waals surface area contributed by atoms with Gasteiger partial charge in [-0.1, -0.05) is 6.07 Å². The van der Waals surface area contributed by atoms with E-state index in [0.29, 0.717) is 20.5 Å². The Morgan fingerprint density at radius 3 is 2.53 bits per heavy atom. The standard InChI is InChI=1S/C21H19FINO6/c1-21(2,3)30-20(27)24-13-7-28-9-15(25)17(13)16(18-14(24)8-29-19(18)26)10-4-5-11(22)12(23)6-10/h4-6,16H,7-9H2,1-3H3/t16-/m0/s1. The molecule has 0 fully saturated rings. The number of hydrogen-bond acceptors (Lipinski definition) is 6. The smallest absolute Gasteiger partial charge is 0.419 e. The predicted octanol–water partition coefficient (Wildman–Crippen LogP) is 3.43. The average Bonchev–Trinajstić information content (AvgIpc) is 3.02. The lowest BCUT2D eigenvalue weighted by Crippen LogP contribution is -2.44. The molecule has 1 aromatic rings. The van der Waals surface area contributed by atoms with E-state index < -0.39 is 29.4 Å². The number of carbonyl (C=O) groups excluding carboxylic acids is 3. The summed E-state index contributed by atoms with van der Waals surface area (Å²) in [5.41, 5.74) is 0.881. The van der Waals surface area contributed by atoms with Gasteiger partial charge in [0.15, 0.2) is 5.78 Å². The monoisotopic (exact) mass is 527 g/mol. The van der Waals surface area contributed by atoms with Gasteiger partial charge in [-0.05, 0) is 61.1 Å². The van der Waals surface area contributed by atoms with Crippen LogP contribution in [0.4, 0.5) is 9.18 Å². The van der Waals surface area contributed by atoms with Crippen LogP contribution in [0.3, 0.4) is 0 Å². The minimum atomic E-state index is -0.786. The molecular weight excluding hydrogens is 508 g/mol. The first kappa shape index (κ1) is 21.0. The van der Waals surface area contributed by atoms with Crippen molar-refractivity contribution in [2.24, 2.45) is 0 Å². The molecule has 7 nitrogen and oxygen atoms in total. The van der Waals surface area contributed by atoms with E-state index in [1.165, 1.54) is 17.0 Å². The minimum absolute atomic E-state index is 0.0000729. The number of Topliss-reactive ketones (excluding diaryl/α,β-unsaturated/α-hetero) is 1. The van der Waals surface area contributed by atoms with E-state index in [2.05, 4.69) is 0 Å². The summed E-state index contributed by atoms with van der Waals surface area (Å²) in [4.78, 5) is 39.8. The van der Waals surface area contributed by atoms with Crippen LogP contribution in [0.5, 0.6) is 0 Å². The number of ketones is 1. The summed E-state index contributed by atoms with van der Waals surface area (Å²) in [7, 11) is 0. The van der Waals surface area contributed by atoms with Crippen LogP contribution in [-0.4, -0.2) is 48.2 Å². The third-order valence-electron chi connectivity index (χ3n) is 4.92. The Labute approximate surface area is 186 Å². The van der Waals surface area contributed by atoms with Crippen LogP contribution in [0, 0.1) is 9.39 Å². The van der Waals surface area contributed by atoms with E-state index >= 15 is 0 Å². The zero-order valence-corrected chi connectivity index (χ0v) is 18.7. The number of benzene rings is 1. The Kier molecular flexibility index (Phi) is 5.21. The first-order valence-electron chi connectivity index (χ1n) is 9.30. The fourth-order valence-corrected chi connectivity index (χ4v) is 4.35. The van der Waals surface area contributed by atoms with Gasteiger partial charge in [-0.2, -0.15) is 0 Å². The second-order valence-electron chi connectivity index (χ2n) is 8.14. The van der Waals surface area contributed by atoms with Gasteiger partial charge in [0.2, 0.25) is 0 Å². The number of cyclic esters (lactones) is 1.